The van der Waals surface area contributed by atoms with E-state index in [0.717, 1.165) is 9.26 Å². The van der Waals surface area contributed by atoms with E-state index in [1.165, 1.54) is 16.7 Å². The molecule has 7 nitrogen and oxygen atoms in total. The van der Waals surface area contributed by atoms with Crippen LogP contribution in [-0.2, 0) is 9.59 Å². The van der Waals surface area contributed by atoms with Crippen molar-refractivity contribution in [2.45, 2.75) is 11.7 Å². The van der Waals surface area contributed by atoms with Gasteiger partial charge in [-0.05, 0) is 59.0 Å². The molecule has 0 unspecified atom stereocenters. The fourth-order valence-corrected chi connectivity index (χ4v) is 4.27. The van der Waals surface area contributed by atoms with Crippen LogP contribution in [0.3, 0.4) is 0 Å². The van der Waals surface area contributed by atoms with Gasteiger partial charge in [-0.3, -0.25) is 14.6 Å². The molecule has 2 aliphatic rings. The zero-order valence-electron chi connectivity index (χ0n) is 14.8. The second-order valence-corrected chi connectivity index (χ2v) is 8.51. The molecule has 2 aromatic rings. The van der Waals surface area contributed by atoms with Gasteiger partial charge in [-0.15, -0.1) is 0 Å². The molecule has 1 fully saturated rings. The highest BCUT2D eigenvalue weighted by Gasteiger charge is 2.40. The number of imide groups is 1. The van der Waals surface area contributed by atoms with Crippen molar-refractivity contribution in [3.63, 3.8) is 0 Å². The lowest BCUT2D eigenvalue weighted by Gasteiger charge is -2.16. The SMILES string of the molecule is CN=C(Nc1ccc2c(c1)OCO2)S[C@H]1CC(=O)N(c2ccc(I)cc2)C1=O. The van der Waals surface area contributed by atoms with Crippen LogP contribution in [0.5, 0.6) is 11.5 Å². The number of carbonyl (C=O) groups is 2. The van der Waals surface area contributed by atoms with Gasteiger partial charge in [0.1, 0.15) is 5.25 Å². The van der Waals surface area contributed by atoms with Crippen molar-refractivity contribution in [1.29, 1.82) is 0 Å². The molecule has 0 bridgehead atoms. The lowest BCUT2D eigenvalue weighted by Crippen LogP contribution is -2.31. The lowest BCUT2D eigenvalue weighted by molar-refractivity contribution is -0.121. The molecule has 1 saturated heterocycles. The highest BCUT2D eigenvalue weighted by molar-refractivity contribution is 14.1. The average Bonchev–Trinajstić information content (AvgIpc) is 3.26. The normalized spacial score (nSPS) is 18.7. The Morgan fingerprint density at radius 1 is 1.18 bits per heavy atom. The van der Waals surface area contributed by atoms with Crippen LogP contribution < -0.4 is 19.7 Å². The summed E-state index contributed by atoms with van der Waals surface area (Å²) in [5.41, 5.74) is 1.36. The van der Waals surface area contributed by atoms with Crippen molar-refractivity contribution < 1.29 is 19.1 Å². The summed E-state index contributed by atoms with van der Waals surface area (Å²) in [5.74, 6) is 0.910. The van der Waals surface area contributed by atoms with Crippen LogP contribution in [0.1, 0.15) is 6.42 Å². The molecule has 9 heteroatoms. The van der Waals surface area contributed by atoms with E-state index >= 15 is 0 Å². The number of ether oxygens (including phenoxy) is 2. The Morgan fingerprint density at radius 2 is 1.93 bits per heavy atom. The Kier molecular flexibility index (Phi) is 5.44. The maximum absolute atomic E-state index is 12.8. The van der Waals surface area contributed by atoms with Crippen molar-refractivity contribution >= 4 is 62.7 Å². The second kappa shape index (κ2) is 8.00. The summed E-state index contributed by atoms with van der Waals surface area (Å²) in [7, 11) is 1.64. The van der Waals surface area contributed by atoms with E-state index in [2.05, 4.69) is 32.9 Å². The van der Waals surface area contributed by atoms with Gasteiger partial charge < -0.3 is 14.8 Å². The molecule has 1 atom stereocenters. The fraction of sp³-hybridized carbons (Fsp3) is 0.211. The Labute approximate surface area is 179 Å². The summed E-state index contributed by atoms with van der Waals surface area (Å²) in [6, 6.07) is 12.8. The fourth-order valence-electron chi connectivity index (χ4n) is 2.93. The van der Waals surface area contributed by atoms with E-state index in [9.17, 15) is 9.59 Å². The van der Waals surface area contributed by atoms with Crippen LogP contribution in [0.4, 0.5) is 11.4 Å². The maximum Gasteiger partial charge on any atom is 0.247 e. The third-order valence-corrected chi connectivity index (χ3v) is 6.15. The van der Waals surface area contributed by atoms with Crippen molar-refractivity contribution in [3.05, 3.63) is 46.0 Å². The minimum absolute atomic E-state index is 0.136. The average molecular weight is 509 g/mol. The van der Waals surface area contributed by atoms with Gasteiger partial charge in [-0.25, -0.2) is 4.90 Å². The molecular weight excluding hydrogens is 493 g/mol. The standard InChI is InChI=1S/C19H16IN3O4S/c1-21-19(22-12-4-7-14-15(8-12)27-10-26-14)28-16-9-17(24)23(18(16)25)13-5-2-11(20)3-6-13/h2-8,16H,9-10H2,1H3,(H,21,22)/t16-/m0/s1. The van der Waals surface area contributed by atoms with Gasteiger partial charge in [0.2, 0.25) is 18.6 Å². The van der Waals surface area contributed by atoms with Crippen LogP contribution in [0.15, 0.2) is 47.5 Å². The molecule has 0 aromatic heterocycles. The first-order chi connectivity index (χ1) is 13.5. The zero-order chi connectivity index (χ0) is 19.7. The second-order valence-electron chi connectivity index (χ2n) is 6.08. The number of hydrogen-bond acceptors (Lipinski definition) is 6. The Bertz CT molecular complexity index is 964. The summed E-state index contributed by atoms with van der Waals surface area (Å²) < 4.78 is 11.7. The van der Waals surface area contributed by atoms with Crippen molar-refractivity contribution in [3.8, 4) is 11.5 Å². The first kappa shape index (κ1) is 19.1. The van der Waals surface area contributed by atoms with E-state index < -0.39 is 5.25 Å². The van der Waals surface area contributed by atoms with Gasteiger partial charge in [0.05, 0.1) is 5.69 Å². The number of amides is 2. The molecule has 0 radical (unpaired) electrons. The summed E-state index contributed by atoms with van der Waals surface area (Å²) in [6.45, 7) is 0.204. The molecule has 2 aliphatic heterocycles. The number of fused-ring (bicyclic) bond motifs is 1. The van der Waals surface area contributed by atoms with Gasteiger partial charge in [0.25, 0.3) is 0 Å². The third-order valence-electron chi connectivity index (χ3n) is 4.27. The smallest absolute Gasteiger partial charge is 0.247 e. The number of benzene rings is 2. The molecular formula is C19H16IN3O4S. The number of thioether (sulfide) groups is 1. The summed E-state index contributed by atoms with van der Waals surface area (Å²) in [4.78, 5) is 30.7. The minimum atomic E-state index is -0.521. The van der Waals surface area contributed by atoms with Gasteiger partial charge in [-0.1, -0.05) is 11.8 Å². The number of carbonyl (C=O) groups excluding carboxylic acids is 2. The highest BCUT2D eigenvalue weighted by atomic mass is 127. The predicted molar refractivity (Wildman–Crippen MR) is 117 cm³/mol. The topological polar surface area (TPSA) is 80.2 Å². The number of anilines is 2. The minimum Gasteiger partial charge on any atom is -0.454 e. The number of nitrogens with one attached hydrogen (secondary N) is 1. The summed E-state index contributed by atoms with van der Waals surface area (Å²) in [5, 5.41) is 3.21. The third kappa shape index (κ3) is 3.81. The van der Waals surface area contributed by atoms with E-state index in [-0.39, 0.29) is 25.0 Å². The molecule has 144 valence electrons. The molecule has 1 N–H and O–H groups in total. The van der Waals surface area contributed by atoms with Crippen LogP contribution in [0, 0.1) is 3.57 Å². The highest BCUT2D eigenvalue weighted by Crippen LogP contribution is 2.35. The van der Waals surface area contributed by atoms with E-state index in [0.29, 0.717) is 22.4 Å². The van der Waals surface area contributed by atoms with Crippen LogP contribution in [-0.4, -0.2) is 36.1 Å². The van der Waals surface area contributed by atoms with E-state index in [4.69, 9.17) is 9.47 Å². The Balaban J connectivity index is 1.46. The lowest BCUT2D eigenvalue weighted by atomic mass is 10.3. The molecule has 0 spiro atoms. The van der Waals surface area contributed by atoms with Crippen LogP contribution >= 0.6 is 34.4 Å². The zero-order valence-corrected chi connectivity index (χ0v) is 17.8. The molecule has 28 heavy (non-hydrogen) atoms. The maximum atomic E-state index is 12.8. The first-order valence-corrected chi connectivity index (χ1v) is 10.4. The molecule has 4 rings (SSSR count). The molecule has 0 saturated carbocycles. The number of halogens is 1. The number of hydrogen-bond donors (Lipinski definition) is 1. The largest absolute Gasteiger partial charge is 0.454 e. The number of nitrogens with zero attached hydrogens (tertiary/aromatic N) is 2. The summed E-state index contributed by atoms with van der Waals surface area (Å²) in [6.07, 6.45) is 0.136. The monoisotopic (exact) mass is 509 g/mol. The van der Waals surface area contributed by atoms with Crippen LogP contribution in [0.25, 0.3) is 0 Å². The van der Waals surface area contributed by atoms with Gasteiger partial charge in [0.15, 0.2) is 16.7 Å². The van der Waals surface area contributed by atoms with Gasteiger partial charge in [-0.2, -0.15) is 0 Å². The number of amidine groups is 1. The van der Waals surface area contributed by atoms with Crippen molar-refractivity contribution in [2.75, 3.05) is 24.1 Å². The van der Waals surface area contributed by atoms with E-state index in [1.807, 2.05) is 30.3 Å². The predicted octanol–water partition coefficient (Wildman–Crippen LogP) is 3.48. The molecule has 2 aromatic carbocycles. The Hall–Kier alpha value is -2.27. The quantitative estimate of drug-likeness (QED) is 0.296. The molecule has 2 amide bonds. The van der Waals surface area contributed by atoms with E-state index in [1.54, 1.807) is 19.2 Å². The van der Waals surface area contributed by atoms with Crippen molar-refractivity contribution in [2.24, 2.45) is 4.99 Å². The number of rotatable bonds is 3. The Morgan fingerprint density at radius 3 is 2.68 bits per heavy atom. The van der Waals surface area contributed by atoms with Crippen LogP contribution in [0.2, 0.25) is 0 Å². The number of aliphatic imine (C=N–C) groups is 1. The summed E-state index contributed by atoms with van der Waals surface area (Å²) >= 11 is 3.43. The first-order valence-electron chi connectivity index (χ1n) is 8.47. The van der Waals surface area contributed by atoms with Crippen molar-refractivity contribution in [1.82, 2.24) is 0 Å². The van der Waals surface area contributed by atoms with Gasteiger partial charge in [0, 0.05) is 28.8 Å². The molecule has 0 aliphatic carbocycles. The van der Waals surface area contributed by atoms with Gasteiger partial charge >= 0.3 is 0 Å². The molecule has 2 heterocycles.